The van der Waals surface area contributed by atoms with E-state index < -0.39 is 0 Å². The Bertz CT molecular complexity index is 208. The summed E-state index contributed by atoms with van der Waals surface area (Å²) in [6, 6.07) is -0.0991. The Morgan fingerprint density at radius 1 is 1.43 bits per heavy atom. The SMILES string of the molecule is CC1CCNC(C(=O)OC(C)(C)C)C1. The molecule has 1 aliphatic heterocycles. The van der Waals surface area contributed by atoms with Gasteiger partial charge in [-0.1, -0.05) is 6.92 Å². The Kier molecular flexibility index (Phi) is 3.53. The number of rotatable bonds is 1. The molecule has 0 radical (unpaired) electrons. The van der Waals surface area contributed by atoms with Crippen molar-refractivity contribution < 1.29 is 9.53 Å². The van der Waals surface area contributed by atoms with E-state index in [0.717, 1.165) is 19.4 Å². The monoisotopic (exact) mass is 199 g/mol. The highest BCUT2D eigenvalue weighted by Crippen LogP contribution is 2.18. The Morgan fingerprint density at radius 2 is 2.07 bits per heavy atom. The van der Waals surface area contributed by atoms with E-state index >= 15 is 0 Å². The maximum atomic E-state index is 11.7. The molecule has 82 valence electrons. The minimum Gasteiger partial charge on any atom is -0.459 e. The second kappa shape index (κ2) is 4.30. The topological polar surface area (TPSA) is 38.3 Å². The lowest BCUT2D eigenvalue weighted by Gasteiger charge is -2.29. The smallest absolute Gasteiger partial charge is 0.323 e. The average molecular weight is 199 g/mol. The van der Waals surface area contributed by atoms with Crippen molar-refractivity contribution >= 4 is 5.97 Å². The molecule has 0 bridgehead atoms. The first kappa shape index (κ1) is 11.5. The maximum Gasteiger partial charge on any atom is 0.323 e. The molecule has 0 spiro atoms. The largest absolute Gasteiger partial charge is 0.459 e. The van der Waals surface area contributed by atoms with Gasteiger partial charge in [-0.2, -0.15) is 0 Å². The Balaban J connectivity index is 2.44. The maximum absolute atomic E-state index is 11.7. The standard InChI is InChI=1S/C11H21NO2/c1-8-5-6-12-9(7-8)10(13)14-11(2,3)4/h8-9,12H,5-7H2,1-4H3. The zero-order valence-corrected chi connectivity index (χ0v) is 9.59. The summed E-state index contributed by atoms with van der Waals surface area (Å²) in [7, 11) is 0. The quantitative estimate of drug-likeness (QED) is 0.653. The predicted octanol–water partition coefficient (Wildman–Crippen LogP) is 1.72. The normalized spacial score (nSPS) is 28.6. The molecular weight excluding hydrogens is 178 g/mol. The number of ether oxygens (including phenoxy) is 1. The molecule has 1 saturated heterocycles. The molecule has 1 fully saturated rings. The van der Waals surface area contributed by atoms with Crippen molar-refractivity contribution in [1.82, 2.24) is 5.32 Å². The van der Waals surface area contributed by atoms with Crippen LogP contribution in [-0.2, 0) is 9.53 Å². The highest BCUT2D eigenvalue weighted by atomic mass is 16.6. The third-order valence-electron chi connectivity index (χ3n) is 2.36. The summed E-state index contributed by atoms with van der Waals surface area (Å²) < 4.78 is 5.32. The van der Waals surface area contributed by atoms with Crippen LogP contribution in [0.4, 0.5) is 0 Å². The Hall–Kier alpha value is -0.570. The van der Waals surface area contributed by atoms with Crippen molar-refractivity contribution in [1.29, 1.82) is 0 Å². The molecule has 2 unspecified atom stereocenters. The fraction of sp³-hybridized carbons (Fsp3) is 0.909. The van der Waals surface area contributed by atoms with E-state index in [1.165, 1.54) is 0 Å². The van der Waals surface area contributed by atoms with E-state index in [2.05, 4.69) is 12.2 Å². The molecule has 2 atom stereocenters. The van der Waals surface area contributed by atoms with E-state index in [4.69, 9.17) is 4.74 Å². The van der Waals surface area contributed by atoms with Crippen molar-refractivity contribution in [2.75, 3.05) is 6.54 Å². The molecule has 0 amide bonds. The Labute approximate surface area is 86.2 Å². The highest BCUT2D eigenvalue weighted by Gasteiger charge is 2.28. The lowest BCUT2D eigenvalue weighted by Crippen LogP contribution is -2.45. The van der Waals surface area contributed by atoms with E-state index in [0.29, 0.717) is 5.92 Å². The fourth-order valence-electron chi connectivity index (χ4n) is 1.66. The lowest BCUT2D eigenvalue weighted by molar-refractivity contribution is -0.158. The number of carbonyl (C=O) groups is 1. The molecule has 0 saturated carbocycles. The van der Waals surface area contributed by atoms with Crippen LogP contribution in [0.25, 0.3) is 0 Å². The van der Waals surface area contributed by atoms with Gasteiger partial charge < -0.3 is 10.1 Å². The van der Waals surface area contributed by atoms with Crippen LogP contribution in [0.5, 0.6) is 0 Å². The van der Waals surface area contributed by atoms with Crippen LogP contribution < -0.4 is 5.32 Å². The molecule has 1 rings (SSSR count). The summed E-state index contributed by atoms with van der Waals surface area (Å²) in [5, 5.41) is 3.20. The molecule has 1 N–H and O–H groups in total. The molecule has 3 nitrogen and oxygen atoms in total. The summed E-state index contributed by atoms with van der Waals surface area (Å²) in [5.41, 5.74) is -0.376. The van der Waals surface area contributed by atoms with Gasteiger partial charge in [0.05, 0.1) is 0 Å². The van der Waals surface area contributed by atoms with Crippen molar-refractivity contribution in [3.63, 3.8) is 0 Å². The molecule has 3 heteroatoms. The van der Waals surface area contributed by atoms with Crippen molar-refractivity contribution in [3.05, 3.63) is 0 Å². The second-order valence-electron chi connectivity index (χ2n) is 5.17. The van der Waals surface area contributed by atoms with Crippen LogP contribution in [0.1, 0.15) is 40.5 Å². The summed E-state index contributed by atoms with van der Waals surface area (Å²) in [5.74, 6) is 0.512. The minimum absolute atomic E-state index is 0.0991. The predicted molar refractivity (Wildman–Crippen MR) is 56.0 cm³/mol. The molecule has 14 heavy (non-hydrogen) atoms. The number of piperidine rings is 1. The van der Waals surface area contributed by atoms with Gasteiger partial charge in [0, 0.05) is 0 Å². The van der Waals surface area contributed by atoms with Gasteiger partial charge in [0.25, 0.3) is 0 Å². The summed E-state index contributed by atoms with van der Waals surface area (Å²) in [6.07, 6.45) is 2.05. The second-order valence-corrected chi connectivity index (χ2v) is 5.17. The third-order valence-corrected chi connectivity index (χ3v) is 2.36. The average Bonchev–Trinajstić information content (AvgIpc) is 2.01. The van der Waals surface area contributed by atoms with Gasteiger partial charge in [-0.3, -0.25) is 4.79 Å². The van der Waals surface area contributed by atoms with Crippen LogP contribution in [0.15, 0.2) is 0 Å². The Morgan fingerprint density at radius 3 is 2.57 bits per heavy atom. The number of carbonyl (C=O) groups excluding carboxylic acids is 1. The minimum atomic E-state index is -0.376. The first-order valence-corrected chi connectivity index (χ1v) is 5.35. The van der Waals surface area contributed by atoms with Crippen molar-refractivity contribution in [2.45, 2.75) is 52.2 Å². The number of nitrogens with one attached hydrogen (secondary N) is 1. The zero-order valence-electron chi connectivity index (χ0n) is 9.59. The summed E-state index contributed by atoms with van der Waals surface area (Å²) in [6.45, 7) is 8.80. The summed E-state index contributed by atoms with van der Waals surface area (Å²) >= 11 is 0. The van der Waals surface area contributed by atoms with Gasteiger partial charge >= 0.3 is 5.97 Å². The van der Waals surface area contributed by atoms with E-state index in [9.17, 15) is 4.79 Å². The zero-order chi connectivity index (χ0) is 10.8. The summed E-state index contributed by atoms with van der Waals surface area (Å²) in [4.78, 5) is 11.7. The molecule has 0 aromatic rings. The van der Waals surface area contributed by atoms with Gasteiger partial charge in [0.15, 0.2) is 0 Å². The molecule has 1 heterocycles. The fourth-order valence-corrected chi connectivity index (χ4v) is 1.66. The first-order chi connectivity index (χ1) is 6.38. The van der Waals surface area contributed by atoms with Crippen LogP contribution in [0.2, 0.25) is 0 Å². The van der Waals surface area contributed by atoms with E-state index in [-0.39, 0.29) is 17.6 Å². The van der Waals surface area contributed by atoms with Gasteiger partial charge in [0.2, 0.25) is 0 Å². The van der Waals surface area contributed by atoms with Gasteiger partial charge in [-0.15, -0.1) is 0 Å². The number of esters is 1. The van der Waals surface area contributed by atoms with Crippen molar-refractivity contribution in [2.24, 2.45) is 5.92 Å². The van der Waals surface area contributed by atoms with Crippen LogP contribution in [-0.4, -0.2) is 24.2 Å². The third kappa shape index (κ3) is 3.66. The lowest BCUT2D eigenvalue weighted by atomic mass is 9.94. The van der Waals surface area contributed by atoms with Crippen LogP contribution in [0.3, 0.4) is 0 Å². The van der Waals surface area contributed by atoms with E-state index in [1.807, 2.05) is 20.8 Å². The van der Waals surface area contributed by atoms with E-state index in [1.54, 1.807) is 0 Å². The molecule has 0 aromatic heterocycles. The molecule has 0 aliphatic carbocycles. The van der Waals surface area contributed by atoms with Crippen LogP contribution in [0, 0.1) is 5.92 Å². The van der Waals surface area contributed by atoms with Crippen molar-refractivity contribution in [3.8, 4) is 0 Å². The molecular formula is C11H21NO2. The van der Waals surface area contributed by atoms with Gasteiger partial charge in [0.1, 0.15) is 11.6 Å². The van der Waals surface area contributed by atoms with Gasteiger partial charge in [-0.05, 0) is 46.1 Å². The van der Waals surface area contributed by atoms with Crippen LogP contribution >= 0.6 is 0 Å². The molecule has 1 aliphatic rings. The highest BCUT2D eigenvalue weighted by molar-refractivity contribution is 5.76. The van der Waals surface area contributed by atoms with Gasteiger partial charge in [-0.25, -0.2) is 0 Å². The number of hydrogen-bond donors (Lipinski definition) is 1. The first-order valence-electron chi connectivity index (χ1n) is 5.35. The number of hydrogen-bond acceptors (Lipinski definition) is 3. The molecule has 0 aromatic carbocycles.